The molecule has 1 aromatic carbocycles. The molecule has 0 amide bonds. The molecule has 0 unspecified atom stereocenters. The Balaban J connectivity index is 2.25. The Morgan fingerprint density at radius 3 is 2.32 bits per heavy atom. The second-order valence-electron chi connectivity index (χ2n) is 7.26. The van der Waals surface area contributed by atoms with Gasteiger partial charge in [-0.3, -0.25) is 15.1 Å². The van der Waals surface area contributed by atoms with E-state index in [1.165, 1.54) is 22.9 Å². The number of anilines is 2. The molecule has 0 saturated carbocycles. The predicted molar refractivity (Wildman–Crippen MR) is 103 cm³/mol. The summed E-state index contributed by atoms with van der Waals surface area (Å²) in [6.07, 6.45) is 2.65. The molecular formula is C17H22ClN3O3Si. The van der Waals surface area contributed by atoms with Crippen molar-refractivity contribution in [1.29, 1.82) is 0 Å². The van der Waals surface area contributed by atoms with E-state index in [4.69, 9.17) is 16.2 Å². The Hall–Kier alpha value is -2.12. The van der Waals surface area contributed by atoms with Crippen molar-refractivity contribution in [2.45, 2.75) is 38.9 Å². The molecule has 0 spiro atoms. The fourth-order valence-corrected chi connectivity index (χ4v) is 3.20. The molecule has 0 N–H and O–H groups in total. The molecule has 6 nitrogen and oxygen atoms in total. The Morgan fingerprint density at radius 2 is 1.80 bits per heavy atom. The van der Waals surface area contributed by atoms with Crippen molar-refractivity contribution in [3.05, 3.63) is 52.8 Å². The summed E-state index contributed by atoms with van der Waals surface area (Å²) >= 11 is 6.31. The van der Waals surface area contributed by atoms with Gasteiger partial charge in [0.1, 0.15) is 17.6 Å². The Kier molecular flexibility index (Phi) is 5.39. The topological polar surface area (TPSA) is 68.5 Å². The largest absolute Gasteiger partial charge is 0.544 e. The zero-order valence-corrected chi connectivity index (χ0v) is 16.7. The van der Waals surface area contributed by atoms with Crippen molar-refractivity contribution < 1.29 is 9.35 Å². The average Bonchev–Trinajstić information content (AvgIpc) is 2.53. The lowest BCUT2D eigenvalue weighted by atomic mass is 10.2. The molecule has 0 saturated heterocycles. The molecule has 0 atom stereocenters. The van der Waals surface area contributed by atoms with Gasteiger partial charge in [0.05, 0.1) is 10.6 Å². The highest BCUT2D eigenvalue weighted by atomic mass is 35.5. The van der Waals surface area contributed by atoms with Crippen LogP contribution in [0.5, 0.6) is 5.75 Å². The molecule has 134 valence electrons. The molecule has 0 aliphatic heterocycles. The van der Waals surface area contributed by atoms with Crippen LogP contribution in [0.1, 0.15) is 20.8 Å². The molecule has 8 heteroatoms. The van der Waals surface area contributed by atoms with E-state index in [0.29, 0.717) is 5.69 Å². The molecule has 2 aromatic rings. The highest BCUT2D eigenvalue weighted by Crippen LogP contribution is 2.39. The zero-order valence-electron chi connectivity index (χ0n) is 15.0. The minimum absolute atomic E-state index is 0.0990. The highest BCUT2D eigenvalue weighted by Gasteiger charge is 2.38. The first-order chi connectivity index (χ1) is 11.5. The molecule has 0 aliphatic carbocycles. The van der Waals surface area contributed by atoms with Crippen molar-refractivity contribution >= 4 is 37.2 Å². The summed E-state index contributed by atoms with van der Waals surface area (Å²) < 4.78 is 7.47. The predicted octanol–water partition coefficient (Wildman–Crippen LogP) is 5.67. The number of nitro groups is 1. The number of nitrogens with zero attached hydrogens (tertiary/aromatic N) is 3. The number of rotatable bonds is 5. The van der Waals surface area contributed by atoms with E-state index in [1.54, 1.807) is 12.1 Å². The van der Waals surface area contributed by atoms with Gasteiger partial charge >= 0.3 is 5.69 Å². The van der Waals surface area contributed by atoms with Crippen molar-refractivity contribution in [2.24, 2.45) is 0 Å². The van der Waals surface area contributed by atoms with E-state index < -0.39 is 13.2 Å². The summed E-state index contributed by atoms with van der Waals surface area (Å²) in [6.45, 7) is 10.9. The fraction of sp³-hybridized carbons (Fsp3) is 0.353. The van der Waals surface area contributed by atoms with Crippen LogP contribution in [0.3, 0.4) is 0 Å². The van der Waals surface area contributed by atoms with Gasteiger partial charge < -0.3 is 4.43 Å². The van der Waals surface area contributed by atoms with Crippen molar-refractivity contribution in [2.75, 3.05) is 4.42 Å². The van der Waals surface area contributed by atoms with Gasteiger partial charge in [-0.05, 0) is 48.5 Å². The van der Waals surface area contributed by atoms with Crippen molar-refractivity contribution in [1.82, 2.24) is 4.98 Å². The van der Waals surface area contributed by atoms with E-state index in [2.05, 4.69) is 38.8 Å². The first-order valence-corrected chi connectivity index (χ1v) is 11.1. The number of pyridine rings is 1. The molecule has 0 fully saturated rings. The maximum Gasteiger partial charge on any atom is 0.312 e. The van der Waals surface area contributed by atoms with E-state index in [-0.39, 0.29) is 16.4 Å². The number of hydrogen-bond acceptors (Lipinski definition) is 5. The van der Waals surface area contributed by atoms with Gasteiger partial charge in [0.2, 0.25) is 8.32 Å². The summed E-state index contributed by atoms with van der Waals surface area (Å²) in [7, 11) is -1.92. The van der Waals surface area contributed by atoms with E-state index >= 15 is 0 Å². The molecule has 0 aliphatic rings. The van der Waals surface area contributed by atoms with Gasteiger partial charge in [0.25, 0.3) is 0 Å². The third-order valence-corrected chi connectivity index (χ3v) is 9.16. The Morgan fingerprint density at radius 1 is 1.20 bits per heavy atom. The van der Waals surface area contributed by atoms with Crippen molar-refractivity contribution in [3.63, 3.8) is 0 Å². The summed E-state index contributed by atoms with van der Waals surface area (Å²) in [5.41, 5.74) is 0.720. The van der Waals surface area contributed by atoms with Gasteiger partial charge in [0.15, 0.2) is 0 Å². The normalized spacial score (nSPS) is 11.9. The number of aromatic nitrogens is 1. The van der Waals surface area contributed by atoms with Crippen LogP contribution >= 0.6 is 11.8 Å². The second kappa shape index (κ2) is 7.01. The summed E-state index contributed by atoms with van der Waals surface area (Å²) in [6, 6.07) is 8.72. The quantitative estimate of drug-likeness (QED) is 0.290. The lowest BCUT2D eigenvalue weighted by molar-refractivity contribution is -0.384. The van der Waals surface area contributed by atoms with Gasteiger partial charge in [-0.25, -0.2) is 4.42 Å². The maximum atomic E-state index is 11.1. The number of benzene rings is 1. The van der Waals surface area contributed by atoms with Crippen LogP contribution in [0, 0.1) is 10.1 Å². The van der Waals surface area contributed by atoms with Crippen LogP contribution in [-0.2, 0) is 0 Å². The van der Waals surface area contributed by atoms with Crippen LogP contribution in [0.2, 0.25) is 18.1 Å². The van der Waals surface area contributed by atoms with Crippen molar-refractivity contribution in [3.8, 4) is 5.75 Å². The van der Waals surface area contributed by atoms with Gasteiger partial charge in [-0.15, -0.1) is 0 Å². The Labute approximate surface area is 153 Å². The lowest BCUT2D eigenvalue weighted by Gasteiger charge is -2.36. The van der Waals surface area contributed by atoms with E-state index in [0.717, 1.165) is 5.75 Å². The molecule has 0 radical (unpaired) electrons. The minimum Gasteiger partial charge on any atom is -0.544 e. The zero-order chi connectivity index (χ0) is 18.8. The van der Waals surface area contributed by atoms with Gasteiger partial charge in [0, 0.05) is 18.0 Å². The first-order valence-electron chi connectivity index (χ1n) is 7.86. The third kappa shape index (κ3) is 4.29. The molecule has 1 aromatic heterocycles. The summed E-state index contributed by atoms with van der Waals surface area (Å²) in [5.74, 6) is 0.768. The lowest BCUT2D eigenvalue weighted by Crippen LogP contribution is -2.43. The monoisotopic (exact) mass is 379 g/mol. The first kappa shape index (κ1) is 19.2. The van der Waals surface area contributed by atoms with Gasteiger partial charge in [-0.2, -0.15) is 0 Å². The third-order valence-electron chi connectivity index (χ3n) is 4.43. The summed E-state index contributed by atoms with van der Waals surface area (Å²) in [5, 5.41) is 11.2. The highest BCUT2D eigenvalue weighted by molar-refractivity contribution is 6.74. The Bertz CT molecular complexity index is 760. The smallest absolute Gasteiger partial charge is 0.312 e. The van der Waals surface area contributed by atoms with E-state index in [1.807, 2.05) is 12.1 Å². The van der Waals surface area contributed by atoms with Crippen LogP contribution in [0.4, 0.5) is 17.1 Å². The fourth-order valence-electron chi connectivity index (χ4n) is 1.92. The number of halogens is 1. The van der Waals surface area contributed by atoms with Crippen LogP contribution < -0.4 is 8.84 Å². The molecule has 0 bridgehead atoms. The van der Waals surface area contributed by atoms with Crippen LogP contribution in [-0.4, -0.2) is 18.2 Å². The average molecular weight is 380 g/mol. The molecule has 25 heavy (non-hydrogen) atoms. The minimum atomic E-state index is -1.92. The van der Waals surface area contributed by atoms with E-state index in [9.17, 15) is 10.1 Å². The van der Waals surface area contributed by atoms with Gasteiger partial charge in [-0.1, -0.05) is 20.8 Å². The number of hydrogen-bond donors (Lipinski definition) is 0. The summed E-state index contributed by atoms with van der Waals surface area (Å²) in [4.78, 5) is 14.4. The van der Waals surface area contributed by atoms with Crippen LogP contribution in [0.25, 0.3) is 0 Å². The van der Waals surface area contributed by atoms with Crippen LogP contribution in [0.15, 0.2) is 42.7 Å². The molecular weight excluding hydrogens is 358 g/mol. The molecule has 2 rings (SSSR count). The maximum absolute atomic E-state index is 11.1. The standard InChI is InChI=1S/C17H22ClN3O3Si/c1-17(2,3)25(4,5)24-14-8-6-13(7-9-14)20(18)15-10-11-19-12-16(15)21(22)23/h6-12H,1-5H3. The molecule has 1 heterocycles. The SMILES string of the molecule is CC(C)(C)[Si](C)(C)Oc1ccc(N(Cl)c2ccncc2[N+](=O)[O-])cc1. The second-order valence-corrected chi connectivity index (χ2v) is 12.3.